The van der Waals surface area contributed by atoms with Gasteiger partial charge in [0.2, 0.25) is 0 Å². The van der Waals surface area contributed by atoms with Crippen LogP contribution in [0.25, 0.3) is 0 Å². The first-order valence-corrected chi connectivity index (χ1v) is 5.98. The van der Waals surface area contributed by atoms with Crippen LogP contribution in [0.2, 0.25) is 0 Å². The number of likely N-dealkylation sites (tertiary alicyclic amines) is 1. The molecule has 1 fully saturated rings. The zero-order valence-electron chi connectivity index (χ0n) is 10.1. The molecule has 1 aliphatic heterocycles. The van der Waals surface area contributed by atoms with Gasteiger partial charge in [0, 0.05) is 6.04 Å². The van der Waals surface area contributed by atoms with E-state index >= 15 is 0 Å². The van der Waals surface area contributed by atoms with Crippen LogP contribution >= 0.6 is 0 Å². The van der Waals surface area contributed by atoms with E-state index in [-0.39, 0.29) is 0 Å². The molecule has 0 aliphatic carbocycles. The molecule has 13 heavy (non-hydrogen) atoms. The largest absolute Gasteiger partial charge is 0.301 e. The predicted octanol–water partition coefficient (Wildman–Crippen LogP) is 3.54. The van der Waals surface area contributed by atoms with Crippen LogP contribution in [0.15, 0.2) is 0 Å². The van der Waals surface area contributed by atoms with Gasteiger partial charge in [0.15, 0.2) is 0 Å². The van der Waals surface area contributed by atoms with Crippen molar-refractivity contribution in [1.82, 2.24) is 4.90 Å². The molecular weight excluding hydrogens is 158 g/mol. The average molecular weight is 185 g/mol. The lowest BCUT2D eigenvalue weighted by atomic mass is 10.0. The summed E-state index contributed by atoms with van der Waals surface area (Å²) in [5.74, 6) is 0.868. The zero-order valence-corrected chi connectivity index (χ0v) is 10.1. The average Bonchev–Trinajstić information content (AvgIpc) is 2.54. The predicted molar refractivity (Wildman–Crippen MR) is 61.1 cm³/mol. The Kier molecular flexibility index (Phi) is 7.35. The van der Waals surface area contributed by atoms with Gasteiger partial charge in [0.25, 0.3) is 0 Å². The van der Waals surface area contributed by atoms with E-state index in [1.165, 1.54) is 32.4 Å². The lowest BCUT2D eigenvalue weighted by Crippen LogP contribution is -2.30. The van der Waals surface area contributed by atoms with Crippen LogP contribution in [0.4, 0.5) is 0 Å². The van der Waals surface area contributed by atoms with E-state index in [4.69, 9.17) is 0 Å². The third-order valence-corrected chi connectivity index (χ3v) is 2.65. The van der Waals surface area contributed by atoms with Crippen LogP contribution in [0, 0.1) is 5.92 Å². The van der Waals surface area contributed by atoms with Crippen LogP contribution in [0.5, 0.6) is 0 Å². The molecule has 0 amide bonds. The molecule has 0 aromatic carbocycles. The minimum Gasteiger partial charge on any atom is -0.301 e. The van der Waals surface area contributed by atoms with Crippen molar-refractivity contribution in [3.8, 4) is 0 Å². The molecule has 1 nitrogen and oxygen atoms in total. The second-order valence-electron chi connectivity index (χ2n) is 4.05. The molecule has 1 atom stereocenters. The smallest absolute Gasteiger partial charge is 0.00980 e. The molecule has 0 bridgehead atoms. The van der Waals surface area contributed by atoms with Crippen LogP contribution in [-0.4, -0.2) is 24.0 Å². The molecule has 1 rings (SSSR count). The van der Waals surface area contributed by atoms with E-state index in [0.29, 0.717) is 0 Å². The molecule has 0 aromatic heterocycles. The molecule has 0 aromatic rings. The lowest BCUT2D eigenvalue weighted by Gasteiger charge is -2.23. The van der Waals surface area contributed by atoms with Gasteiger partial charge in [-0.25, -0.2) is 0 Å². The van der Waals surface area contributed by atoms with Gasteiger partial charge in [-0.15, -0.1) is 0 Å². The number of hydrogen-bond acceptors (Lipinski definition) is 1. The van der Waals surface area contributed by atoms with Gasteiger partial charge < -0.3 is 4.90 Å². The maximum absolute atomic E-state index is 2.62. The van der Waals surface area contributed by atoms with Crippen LogP contribution in [0.1, 0.15) is 53.9 Å². The Morgan fingerprint density at radius 3 is 2.38 bits per heavy atom. The second kappa shape index (κ2) is 7.37. The van der Waals surface area contributed by atoms with Gasteiger partial charge in [-0.1, -0.05) is 34.6 Å². The van der Waals surface area contributed by atoms with Gasteiger partial charge in [-0.05, 0) is 38.3 Å². The quantitative estimate of drug-likeness (QED) is 0.650. The van der Waals surface area contributed by atoms with Crippen molar-refractivity contribution in [2.45, 2.75) is 59.9 Å². The monoisotopic (exact) mass is 185 g/mol. The summed E-state index contributed by atoms with van der Waals surface area (Å²) in [5, 5.41) is 0. The van der Waals surface area contributed by atoms with Gasteiger partial charge >= 0.3 is 0 Å². The SMILES string of the molecule is CC.CCN1CCCC1CC(C)C. The highest BCUT2D eigenvalue weighted by molar-refractivity contribution is 4.78. The summed E-state index contributed by atoms with van der Waals surface area (Å²) in [4.78, 5) is 2.62. The molecule has 1 heteroatoms. The Morgan fingerprint density at radius 2 is 1.92 bits per heavy atom. The molecule has 0 spiro atoms. The van der Waals surface area contributed by atoms with Crippen molar-refractivity contribution >= 4 is 0 Å². The number of rotatable bonds is 3. The second-order valence-corrected chi connectivity index (χ2v) is 4.05. The van der Waals surface area contributed by atoms with Crippen molar-refractivity contribution in [3.63, 3.8) is 0 Å². The summed E-state index contributed by atoms with van der Waals surface area (Å²) in [5.41, 5.74) is 0. The van der Waals surface area contributed by atoms with E-state index in [1.54, 1.807) is 0 Å². The third kappa shape index (κ3) is 4.66. The van der Waals surface area contributed by atoms with Crippen LogP contribution in [-0.2, 0) is 0 Å². The van der Waals surface area contributed by atoms with E-state index in [1.807, 2.05) is 13.8 Å². The van der Waals surface area contributed by atoms with Gasteiger partial charge in [0.05, 0.1) is 0 Å². The van der Waals surface area contributed by atoms with Crippen molar-refractivity contribution in [3.05, 3.63) is 0 Å². The normalized spacial score (nSPS) is 23.1. The Balaban J connectivity index is 0.000000671. The summed E-state index contributed by atoms with van der Waals surface area (Å²) in [6, 6.07) is 0.903. The Hall–Kier alpha value is -0.0400. The summed E-state index contributed by atoms with van der Waals surface area (Å²) in [6.07, 6.45) is 4.26. The van der Waals surface area contributed by atoms with Crippen molar-refractivity contribution in [2.75, 3.05) is 13.1 Å². The lowest BCUT2D eigenvalue weighted by molar-refractivity contribution is 0.237. The highest BCUT2D eigenvalue weighted by Gasteiger charge is 2.22. The summed E-state index contributed by atoms with van der Waals surface area (Å²) >= 11 is 0. The Morgan fingerprint density at radius 1 is 1.31 bits per heavy atom. The van der Waals surface area contributed by atoms with Crippen molar-refractivity contribution < 1.29 is 0 Å². The summed E-state index contributed by atoms with van der Waals surface area (Å²) < 4.78 is 0. The fourth-order valence-electron chi connectivity index (χ4n) is 2.12. The topological polar surface area (TPSA) is 3.24 Å². The minimum absolute atomic E-state index is 0.868. The molecule has 0 radical (unpaired) electrons. The van der Waals surface area contributed by atoms with Crippen LogP contribution in [0.3, 0.4) is 0 Å². The van der Waals surface area contributed by atoms with Crippen molar-refractivity contribution in [1.29, 1.82) is 0 Å². The van der Waals surface area contributed by atoms with Crippen LogP contribution < -0.4 is 0 Å². The molecule has 1 unspecified atom stereocenters. The zero-order chi connectivity index (χ0) is 10.3. The maximum atomic E-state index is 2.62. The van der Waals surface area contributed by atoms with Gasteiger partial charge in [-0.2, -0.15) is 0 Å². The first-order chi connectivity index (χ1) is 6.24. The Bertz CT molecular complexity index is 110. The Labute approximate surface area is 84.5 Å². The first-order valence-electron chi connectivity index (χ1n) is 5.98. The summed E-state index contributed by atoms with van der Waals surface area (Å²) in [6.45, 7) is 13.5. The molecule has 1 saturated heterocycles. The highest BCUT2D eigenvalue weighted by Crippen LogP contribution is 2.22. The molecule has 0 saturated carbocycles. The van der Waals surface area contributed by atoms with E-state index in [9.17, 15) is 0 Å². The van der Waals surface area contributed by atoms with Crippen molar-refractivity contribution in [2.24, 2.45) is 5.92 Å². The minimum atomic E-state index is 0.868. The maximum Gasteiger partial charge on any atom is 0.00980 e. The standard InChI is InChI=1S/C10H21N.C2H6/c1-4-11-7-5-6-10(11)8-9(2)3;1-2/h9-10H,4-8H2,1-3H3;1-2H3. The molecular formula is C12H27N. The molecule has 0 N–H and O–H groups in total. The molecule has 1 heterocycles. The highest BCUT2D eigenvalue weighted by atomic mass is 15.2. The third-order valence-electron chi connectivity index (χ3n) is 2.65. The van der Waals surface area contributed by atoms with Gasteiger partial charge in [0.1, 0.15) is 0 Å². The van der Waals surface area contributed by atoms with E-state index in [0.717, 1.165) is 12.0 Å². The number of hydrogen-bond donors (Lipinski definition) is 0. The first kappa shape index (κ1) is 13.0. The molecule has 80 valence electrons. The van der Waals surface area contributed by atoms with Gasteiger partial charge in [-0.3, -0.25) is 0 Å². The molecule has 1 aliphatic rings. The summed E-state index contributed by atoms with van der Waals surface area (Å²) in [7, 11) is 0. The van der Waals surface area contributed by atoms with E-state index < -0.39 is 0 Å². The fraction of sp³-hybridized carbons (Fsp3) is 1.00. The van der Waals surface area contributed by atoms with E-state index in [2.05, 4.69) is 25.7 Å². The number of nitrogens with zero attached hydrogens (tertiary/aromatic N) is 1. The fourth-order valence-corrected chi connectivity index (χ4v) is 2.12.